The zero-order valence-electron chi connectivity index (χ0n) is 18.9. The molecule has 8 nitrogen and oxygen atoms in total. The normalized spacial score (nSPS) is 14.3. The van der Waals surface area contributed by atoms with E-state index >= 15 is 0 Å². The van der Waals surface area contributed by atoms with Gasteiger partial charge in [-0.1, -0.05) is 17.4 Å². The van der Waals surface area contributed by atoms with Crippen molar-refractivity contribution in [1.29, 1.82) is 0 Å². The van der Waals surface area contributed by atoms with Crippen molar-refractivity contribution in [3.8, 4) is 10.6 Å². The van der Waals surface area contributed by atoms with Crippen LogP contribution in [0.2, 0.25) is 0 Å². The lowest BCUT2D eigenvalue weighted by Crippen LogP contribution is -2.48. The first kappa shape index (κ1) is 22.0. The summed E-state index contributed by atoms with van der Waals surface area (Å²) in [5.41, 5.74) is 2.02. The molecule has 0 saturated carbocycles. The second-order valence-electron chi connectivity index (χ2n) is 8.26. The van der Waals surface area contributed by atoms with Gasteiger partial charge >= 0.3 is 6.03 Å². The van der Waals surface area contributed by atoms with Crippen molar-refractivity contribution in [2.24, 2.45) is 0 Å². The Morgan fingerprint density at radius 1 is 1.12 bits per heavy atom. The fourth-order valence-electron chi connectivity index (χ4n) is 3.81. The molecule has 3 aromatic rings. The minimum Gasteiger partial charge on any atom is -0.348 e. The number of rotatable bonds is 5. The Bertz CT molecular complexity index is 1080. The molecule has 1 aliphatic rings. The maximum Gasteiger partial charge on any atom is 0.319 e. The van der Waals surface area contributed by atoms with E-state index in [4.69, 9.17) is 4.98 Å². The smallest absolute Gasteiger partial charge is 0.319 e. The lowest BCUT2D eigenvalue weighted by molar-refractivity contribution is 0.156. The summed E-state index contributed by atoms with van der Waals surface area (Å²) >= 11 is 1.64. The van der Waals surface area contributed by atoms with Crippen molar-refractivity contribution in [2.75, 3.05) is 44.4 Å². The van der Waals surface area contributed by atoms with E-state index < -0.39 is 0 Å². The average molecular weight is 452 g/mol. The summed E-state index contributed by atoms with van der Waals surface area (Å²) in [7, 11) is 5.69. The molecule has 1 aliphatic heterocycles. The Morgan fingerprint density at radius 2 is 1.91 bits per heavy atom. The average Bonchev–Trinajstić information content (AvgIpc) is 3.29. The van der Waals surface area contributed by atoms with Crippen LogP contribution in [0.5, 0.6) is 0 Å². The number of likely N-dealkylation sites (tertiary alicyclic amines) is 1. The first-order valence-corrected chi connectivity index (χ1v) is 11.5. The quantitative estimate of drug-likeness (QED) is 0.625. The molecule has 1 fully saturated rings. The molecule has 0 aliphatic carbocycles. The molecule has 0 spiro atoms. The van der Waals surface area contributed by atoms with Gasteiger partial charge in [-0.25, -0.2) is 19.7 Å². The summed E-state index contributed by atoms with van der Waals surface area (Å²) in [5.74, 6) is 1.53. The highest BCUT2D eigenvalue weighted by atomic mass is 32.1. The number of nitrogens with one attached hydrogen (secondary N) is 1. The van der Waals surface area contributed by atoms with Gasteiger partial charge in [0.15, 0.2) is 5.13 Å². The molecule has 32 heavy (non-hydrogen) atoms. The van der Waals surface area contributed by atoms with Crippen LogP contribution in [-0.4, -0.2) is 71.1 Å². The number of carbonyl (C=O) groups excluding carboxylic acids is 1. The largest absolute Gasteiger partial charge is 0.348 e. The topological polar surface area (TPSA) is 77.5 Å². The third-order valence-corrected chi connectivity index (χ3v) is 6.74. The van der Waals surface area contributed by atoms with Gasteiger partial charge in [0, 0.05) is 52.7 Å². The molecule has 4 rings (SSSR count). The maximum absolute atomic E-state index is 12.2. The lowest BCUT2D eigenvalue weighted by atomic mass is 10.0. The SMILES string of the molecule is Cc1ccnc(Nc2cccc(-c3cnc(N(C)C4CCN(C(=O)N(C)C)CC4)s3)n2)c1. The molecule has 1 saturated heterocycles. The van der Waals surface area contributed by atoms with Gasteiger partial charge in [0.1, 0.15) is 11.6 Å². The van der Waals surface area contributed by atoms with Crippen molar-refractivity contribution in [3.63, 3.8) is 0 Å². The van der Waals surface area contributed by atoms with Crippen LogP contribution in [-0.2, 0) is 0 Å². The number of hydrogen-bond acceptors (Lipinski definition) is 7. The monoisotopic (exact) mass is 451 g/mol. The van der Waals surface area contributed by atoms with Crippen LogP contribution >= 0.6 is 11.3 Å². The Balaban J connectivity index is 1.42. The van der Waals surface area contributed by atoms with Gasteiger partial charge in [-0.15, -0.1) is 0 Å². The van der Waals surface area contributed by atoms with Crippen LogP contribution in [0.25, 0.3) is 10.6 Å². The van der Waals surface area contributed by atoms with E-state index in [9.17, 15) is 4.79 Å². The van der Waals surface area contributed by atoms with Gasteiger partial charge in [-0.05, 0) is 49.6 Å². The van der Waals surface area contributed by atoms with Crippen LogP contribution < -0.4 is 10.2 Å². The predicted molar refractivity (Wildman–Crippen MR) is 130 cm³/mol. The zero-order valence-corrected chi connectivity index (χ0v) is 19.8. The van der Waals surface area contributed by atoms with Gasteiger partial charge in [0.25, 0.3) is 0 Å². The number of aryl methyl sites for hydroxylation is 1. The van der Waals surface area contributed by atoms with Gasteiger partial charge in [-0.2, -0.15) is 0 Å². The fraction of sp³-hybridized carbons (Fsp3) is 0.391. The number of anilines is 3. The summed E-state index contributed by atoms with van der Waals surface area (Å²) in [4.78, 5) is 32.8. The van der Waals surface area contributed by atoms with Gasteiger partial charge < -0.3 is 20.0 Å². The van der Waals surface area contributed by atoms with Crippen LogP contribution in [0, 0.1) is 6.92 Å². The minimum atomic E-state index is 0.0862. The Labute approximate surface area is 192 Å². The van der Waals surface area contributed by atoms with Gasteiger partial charge in [0.2, 0.25) is 0 Å². The van der Waals surface area contributed by atoms with Gasteiger partial charge in [-0.3, -0.25) is 0 Å². The number of piperidine rings is 1. The number of carbonyl (C=O) groups is 1. The minimum absolute atomic E-state index is 0.0862. The molecule has 2 amide bonds. The lowest BCUT2D eigenvalue weighted by Gasteiger charge is -2.37. The van der Waals surface area contributed by atoms with E-state index in [-0.39, 0.29) is 6.03 Å². The molecular formula is C23H29N7OS. The van der Waals surface area contributed by atoms with E-state index in [0.29, 0.717) is 6.04 Å². The first-order chi connectivity index (χ1) is 15.4. The van der Waals surface area contributed by atoms with Crippen molar-refractivity contribution >= 4 is 34.1 Å². The molecule has 168 valence electrons. The number of hydrogen-bond donors (Lipinski definition) is 1. The maximum atomic E-state index is 12.2. The first-order valence-electron chi connectivity index (χ1n) is 10.7. The van der Waals surface area contributed by atoms with Crippen molar-refractivity contribution in [1.82, 2.24) is 24.8 Å². The highest BCUT2D eigenvalue weighted by Gasteiger charge is 2.27. The number of amides is 2. The highest BCUT2D eigenvalue weighted by Crippen LogP contribution is 2.32. The van der Waals surface area contributed by atoms with Crippen molar-refractivity contribution in [3.05, 3.63) is 48.3 Å². The summed E-state index contributed by atoms with van der Waals surface area (Å²) in [5, 5.41) is 4.24. The number of thiazole rings is 1. The standard InChI is InChI=1S/C23H29N7OS/c1-16-8-11-24-21(14-16)27-20-7-5-6-18(26-20)19-15-25-22(32-19)29(4)17-9-12-30(13-10-17)23(31)28(2)3/h5-8,11,14-15,17H,9-10,12-13H2,1-4H3,(H,24,26,27). The van der Waals surface area contributed by atoms with Crippen molar-refractivity contribution in [2.45, 2.75) is 25.8 Å². The van der Waals surface area contributed by atoms with Crippen LogP contribution in [0.15, 0.2) is 42.7 Å². The molecule has 0 bridgehead atoms. The zero-order chi connectivity index (χ0) is 22.7. The molecule has 0 aromatic carbocycles. The summed E-state index contributed by atoms with van der Waals surface area (Å²) in [6.07, 6.45) is 5.55. The summed E-state index contributed by atoms with van der Waals surface area (Å²) < 4.78 is 0. The second-order valence-corrected chi connectivity index (χ2v) is 9.27. The Kier molecular flexibility index (Phi) is 6.55. The highest BCUT2D eigenvalue weighted by molar-refractivity contribution is 7.18. The number of pyridine rings is 2. The molecule has 3 aromatic heterocycles. The van der Waals surface area contributed by atoms with E-state index in [0.717, 1.165) is 58.8 Å². The molecular weight excluding hydrogens is 422 g/mol. The van der Waals surface area contributed by atoms with Crippen LogP contribution in [0.1, 0.15) is 18.4 Å². The van der Waals surface area contributed by atoms with Crippen molar-refractivity contribution < 1.29 is 4.79 Å². The molecule has 0 unspecified atom stereocenters. The molecule has 0 radical (unpaired) electrons. The summed E-state index contributed by atoms with van der Waals surface area (Å²) in [6.45, 7) is 3.58. The van der Waals surface area contributed by atoms with E-state index in [1.807, 2.05) is 48.4 Å². The fourth-order valence-corrected chi connectivity index (χ4v) is 4.73. The molecule has 0 atom stereocenters. The van der Waals surface area contributed by atoms with Gasteiger partial charge in [0.05, 0.1) is 10.6 Å². The third-order valence-electron chi connectivity index (χ3n) is 5.63. The Hall–Kier alpha value is -3.20. The van der Waals surface area contributed by atoms with E-state index in [1.54, 1.807) is 36.5 Å². The van der Waals surface area contributed by atoms with Crippen LogP contribution in [0.4, 0.5) is 21.6 Å². The Morgan fingerprint density at radius 3 is 2.62 bits per heavy atom. The van der Waals surface area contributed by atoms with Crippen LogP contribution in [0.3, 0.4) is 0 Å². The third kappa shape index (κ3) is 4.99. The second kappa shape index (κ2) is 9.52. The number of urea groups is 1. The summed E-state index contributed by atoms with van der Waals surface area (Å²) in [6, 6.07) is 10.3. The predicted octanol–water partition coefficient (Wildman–Crippen LogP) is 4.23. The van der Waals surface area contributed by atoms with E-state index in [1.165, 1.54) is 0 Å². The molecule has 9 heteroatoms. The van der Waals surface area contributed by atoms with E-state index in [2.05, 4.69) is 27.2 Å². The number of aromatic nitrogens is 3. The number of nitrogens with zero attached hydrogens (tertiary/aromatic N) is 6. The molecule has 4 heterocycles. The molecule has 1 N–H and O–H groups in total.